The van der Waals surface area contributed by atoms with Crippen LogP contribution in [0.15, 0.2) is 18.7 Å². The maximum absolute atomic E-state index is 5.97. The fraction of sp³-hybridized carbons (Fsp3) is 0.769. The zero-order valence-electron chi connectivity index (χ0n) is 10.4. The number of ether oxygens (including phenoxy) is 1. The standard InChI is InChI=1S/C13H23N3O/c14-10-12-4-1-2-5-13(12)17-9-3-7-16-8-6-15-11-16/h6,8,11-13H,1-5,7,9-10,14H2. The van der Waals surface area contributed by atoms with Crippen molar-refractivity contribution in [1.82, 2.24) is 9.55 Å². The van der Waals surface area contributed by atoms with Crippen LogP contribution in [0.2, 0.25) is 0 Å². The lowest BCUT2D eigenvalue weighted by atomic mass is 9.86. The first-order valence-electron chi connectivity index (χ1n) is 6.67. The van der Waals surface area contributed by atoms with Gasteiger partial charge < -0.3 is 15.0 Å². The fourth-order valence-corrected chi connectivity index (χ4v) is 2.56. The van der Waals surface area contributed by atoms with Gasteiger partial charge in [0.1, 0.15) is 0 Å². The Morgan fingerprint density at radius 3 is 3.00 bits per heavy atom. The second-order valence-electron chi connectivity index (χ2n) is 4.84. The van der Waals surface area contributed by atoms with E-state index >= 15 is 0 Å². The van der Waals surface area contributed by atoms with Crippen LogP contribution in [0.4, 0.5) is 0 Å². The molecule has 1 aromatic heterocycles. The molecule has 17 heavy (non-hydrogen) atoms. The zero-order valence-corrected chi connectivity index (χ0v) is 10.4. The van der Waals surface area contributed by atoms with Crippen molar-refractivity contribution in [2.24, 2.45) is 11.7 Å². The first-order chi connectivity index (χ1) is 8.40. The highest BCUT2D eigenvalue weighted by Gasteiger charge is 2.24. The minimum atomic E-state index is 0.400. The summed E-state index contributed by atoms with van der Waals surface area (Å²) >= 11 is 0. The molecule has 0 saturated heterocycles. The molecule has 0 aliphatic heterocycles. The first kappa shape index (κ1) is 12.6. The molecule has 0 aromatic carbocycles. The average Bonchev–Trinajstić information content (AvgIpc) is 2.88. The number of nitrogens with zero attached hydrogens (tertiary/aromatic N) is 2. The smallest absolute Gasteiger partial charge is 0.0945 e. The monoisotopic (exact) mass is 237 g/mol. The summed E-state index contributed by atoms with van der Waals surface area (Å²) in [7, 11) is 0. The lowest BCUT2D eigenvalue weighted by Crippen LogP contribution is -2.33. The summed E-state index contributed by atoms with van der Waals surface area (Å²) in [6.07, 6.45) is 12.1. The highest BCUT2D eigenvalue weighted by molar-refractivity contribution is 4.77. The molecular formula is C13H23N3O. The van der Waals surface area contributed by atoms with Crippen molar-refractivity contribution in [2.75, 3.05) is 13.2 Å². The maximum atomic E-state index is 5.97. The highest BCUT2D eigenvalue weighted by Crippen LogP contribution is 2.26. The maximum Gasteiger partial charge on any atom is 0.0945 e. The molecule has 0 spiro atoms. The summed E-state index contributed by atoms with van der Waals surface area (Å²) in [5, 5.41) is 0. The molecule has 1 heterocycles. The molecule has 96 valence electrons. The highest BCUT2D eigenvalue weighted by atomic mass is 16.5. The van der Waals surface area contributed by atoms with Crippen molar-refractivity contribution in [3.05, 3.63) is 18.7 Å². The van der Waals surface area contributed by atoms with Crippen LogP contribution in [0.3, 0.4) is 0 Å². The van der Waals surface area contributed by atoms with E-state index < -0.39 is 0 Å². The quantitative estimate of drug-likeness (QED) is 0.768. The number of nitrogens with two attached hydrogens (primary N) is 1. The predicted molar refractivity (Wildman–Crippen MR) is 67.6 cm³/mol. The van der Waals surface area contributed by atoms with Crippen LogP contribution in [0.5, 0.6) is 0 Å². The number of hydrogen-bond donors (Lipinski definition) is 1. The first-order valence-corrected chi connectivity index (χ1v) is 6.67. The second kappa shape index (κ2) is 6.77. The van der Waals surface area contributed by atoms with Crippen molar-refractivity contribution in [2.45, 2.75) is 44.8 Å². The van der Waals surface area contributed by atoms with Gasteiger partial charge in [-0.25, -0.2) is 4.98 Å². The fourth-order valence-electron chi connectivity index (χ4n) is 2.56. The molecule has 1 aliphatic rings. The summed E-state index contributed by atoms with van der Waals surface area (Å²) < 4.78 is 8.06. The van der Waals surface area contributed by atoms with Gasteiger partial charge in [0.05, 0.1) is 12.4 Å². The van der Waals surface area contributed by atoms with E-state index in [9.17, 15) is 0 Å². The largest absolute Gasteiger partial charge is 0.378 e. The second-order valence-corrected chi connectivity index (χ2v) is 4.84. The molecule has 2 atom stereocenters. The van der Waals surface area contributed by atoms with E-state index in [4.69, 9.17) is 10.5 Å². The molecule has 4 heteroatoms. The molecule has 1 aromatic rings. The summed E-state index contributed by atoms with van der Waals surface area (Å²) in [5.74, 6) is 0.581. The number of imidazole rings is 1. The van der Waals surface area contributed by atoms with Crippen LogP contribution in [0.1, 0.15) is 32.1 Å². The number of hydrogen-bond acceptors (Lipinski definition) is 3. The third-order valence-electron chi connectivity index (χ3n) is 3.59. The molecule has 2 unspecified atom stereocenters. The lowest BCUT2D eigenvalue weighted by molar-refractivity contribution is -0.00993. The molecule has 2 N–H and O–H groups in total. The molecule has 0 radical (unpaired) electrons. The summed E-state index contributed by atoms with van der Waals surface area (Å²) in [6.45, 7) is 2.59. The minimum Gasteiger partial charge on any atom is -0.378 e. The molecule has 1 fully saturated rings. The lowest BCUT2D eigenvalue weighted by Gasteiger charge is -2.30. The van der Waals surface area contributed by atoms with E-state index in [1.54, 1.807) is 0 Å². The molecule has 4 nitrogen and oxygen atoms in total. The Morgan fingerprint density at radius 2 is 2.24 bits per heavy atom. The third-order valence-corrected chi connectivity index (χ3v) is 3.59. The van der Waals surface area contributed by atoms with Gasteiger partial charge in [0.25, 0.3) is 0 Å². The predicted octanol–water partition coefficient (Wildman–Crippen LogP) is 1.81. The van der Waals surface area contributed by atoms with Crippen molar-refractivity contribution in [1.29, 1.82) is 0 Å². The van der Waals surface area contributed by atoms with Crippen LogP contribution in [0, 0.1) is 5.92 Å². The Kier molecular flexibility index (Phi) is 5.01. The van der Waals surface area contributed by atoms with E-state index in [0.717, 1.165) is 26.1 Å². The van der Waals surface area contributed by atoms with Crippen molar-refractivity contribution in [3.8, 4) is 0 Å². The molecule has 1 aliphatic carbocycles. The summed E-state index contributed by atoms with van der Waals surface area (Å²) in [5.41, 5.74) is 5.78. The number of rotatable bonds is 6. The Bertz CT molecular complexity index is 300. The van der Waals surface area contributed by atoms with E-state index in [-0.39, 0.29) is 0 Å². The topological polar surface area (TPSA) is 53.1 Å². The Labute approximate surface area is 103 Å². The Morgan fingerprint density at radius 1 is 1.35 bits per heavy atom. The van der Waals surface area contributed by atoms with Crippen LogP contribution in [-0.2, 0) is 11.3 Å². The summed E-state index contributed by atoms with van der Waals surface area (Å²) in [4.78, 5) is 4.02. The Balaban J connectivity index is 1.63. The molecule has 0 bridgehead atoms. The molecule has 1 saturated carbocycles. The van der Waals surface area contributed by atoms with Crippen LogP contribution in [-0.4, -0.2) is 28.8 Å². The van der Waals surface area contributed by atoms with Crippen LogP contribution < -0.4 is 5.73 Å². The van der Waals surface area contributed by atoms with Gasteiger partial charge in [-0.2, -0.15) is 0 Å². The van der Waals surface area contributed by atoms with Gasteiger partial charge in [-0.05, 0) is 31.7 Å². The molecular weight excluding hydrogens is 214 g/mol. The van der Waals surface area contributed by atoms with Gasteiger partial charge in [0.2, 0.25) is 0 Å². The van der Waals surface area contributed by atoms with Gasteiger partial charge in [0.15, 0.2) is 0 Å². The minimum absolute atomic E-state index is 0.400. The number of aromatic nitrogens is 2. The number of aryl methyl sites for hydroxylation is 1. The van der Waals surface area contributed by atoms with Gasteiger partial charge in [-0.1, -0.05) is 12.8 Å². The van der Waals surface area contributed by atoms with Crippen LogP contribution in [0.25, 0.3) is 0 Å². The van der Waals surface area contributed by atoms with Gasteiger partial charge in [0, 0.05) is 25.5 Å². The van der Waals surface area contributed by atoms with E-state index in [1.165, 1.54) is 25.7 Å². The normalized spacial score (nSPS) is 25.0. The van der Waals surface area contributed by atoms with E-state index in [2.05, 4.69) is 9.55 Å². The SMILES string of the molecule is NCC1CCCCC1OCCCn1ccnc1. The van der Waals surface area contributed by atoms with Gasteiger partial charge >= 0.3 is 0 Å². The average molecular weight is 237 g/mol. The summed E-state index contributed by atoms with van der Waals surface area (Å²) in [6, 6.07) is 0. The molecule has 2 rings (SSSR count). The van der Waals surface area contributed by atoms with Gasteiger partial charge in [-0.15, -0.1) is 0 Å². The van der Waals surface area contributed by atoms with Crippen LogP contribution >= 0.6 is 0 Å². The van der Waals surface area contributed by atoms with E-state index in [1.807, 2.05) is 18.7 Å². The van der Waals surface area contributed by atoms with Crippen molar-refractivity contribution >= 4 is 0 Å². The Hall–Kier alpha value is -0.870. The van der Waals surface area contributed by atoms with Gasteiger partial charge in [-0.3, -0.25) is 0 Å². The van der Waals surface area contributed by atoms with Crippen molar-refractivity contribution in [3.63, 3.8) is 0 Å². The molecule has 0 amide bonds. The third kappa shape index (κ3) is 3.82. The zero-order chi connectivity index (χ0) is 11.9. The van der Waals surface area contributed by atoms with Crippen molar-refractivity contribution < 1.29 is 4.74 Å². The van der Waals surface area contributed by atoms with E-state index in [0.29, 0.717) is 12.0 Å².